The van der Waals surface area contributed by atoms with E-state index in [1.54, 1.807) is 0 Å². The van der Waals surface area contributed by atoms with Gasteiger partial charge in [-0.05, 0) is 75.2 Å². The zero-order chi connectivity index (χ0) is 22.7. The SMILES string of the molecule is Cc1cc(CCC(=O)O)c(-c2c(CCC(=O)O)ccc3c2=CCC=CC=3)c2ccccc12. The third kappa shape index (κ3) is 4.35. The molecule has 1 aliphatic rings. The third-order valence-corrected chi connectivity index (χ3v) is 6.03. The first kappa shape index (κ1) is 21.6. The van der Waals surface area contributed by atoms with Gasteiger partial charge in [0.05, 0.1) is 0 Å². The van der Waals surface area contributed by atoms with Crippen LogP contribution in [0.1, 0.15) is 36.0 Å². The van der Waals surface area contributed by atoms with Crippen LogP contribution < -0.4 is 10.4 Å². The van der Waals surface area contributed by atoms with E-state index in [0.29, 0.717) is 12.8 Å². The van der Waals surface area contributed by atoms with E-state index < -0.39 is 11.9 Å². The van der Waals surface area contributed by atoms with E-state index in [1.165, 1.54) is 0 Å². The lowest BCUT2D eigenvalue weighted by atomic mass is 9.84. The summed E-state index contributed by atoms with van der Waals surface area (Å²) in [5.41, 5.74) is 5.12. The number of aryl methyl sites for hydroxylation is 3. The van der Waals surface area contributed by atoms with Crippen LogP contribution >= 0.6 is 0 Å². The lowest BCUT2D eigenvalue weighted by Gasteiger charge is -2.19. The maximum Gasteiger partial charge on any atom is 0.303 e. The second kappa shape index (κ2) is 9.23. The highest BCUT2D eigenvalue weighted by molar-refractivity contribution is 6.01. The molecule has 0 aliphatic heterocycles. The Bertz CT molecular complexity index is 1360. The monoisotopic (exact) mass is 426 g/mol. The minimum absolute atomic E-state index is 0.0433. The second-order valence-electron chi connectivity index (χ2n) is 8.20. The predicted octanol–water partition coefficient (Wildman–Crippen LogP) is 4.37. The molecule has 4 heteroatoms. The number of carboxylic acid groups (broad SMARTS) is 2. The molecule has 0 saturated carbocycles. The van der Waals surface area contributed by atoms with E-state index in [9.17, 15) is 19.8 Å². The first-order chi connectivity index (χ1) is 15.5. The molecule has 2 N–H and O–H groups in total. The van der Waals surface area contributed by atoms with E-state index in [0.717, 1.165) is 55.4 Å². The topological polar surface area (TPSA) is 74.6 Å². The highest BCUT2D eigenvalue weighted by Gasteiger charge is 2.18. The molecule has 0 radical (unpaired) electrons. The Balaban J connectivity index is 2.10. The van der Waals surface area contributed by atoms with Gasteiger partial charge in [-0.15, -0.1) is 0 Å². The number of carbonyl (C=O) groups is 2. The van der Waals surface area contributed by atoms with Crippen molar-refractivity contribution in [3.05, 3.63) is 81.7 Å². The molecule has 3 aromatic rings. The van der Waals surface area contributed by atoms with Crippen molar-refractivity contribution in [1.82, 2.24) is 0 Å². The minimum atomic E-state index is -0.831. The Hall–Kier alpha value is -3.66. The molecule has 4 rings (SSSR count). The highest BCUT2D eigenvalue weighted by atomic mass is 16.4. The zero-order valence-electron chi connectivity index (χ0n) is 18.1. The van der Waals surface area contributed by atoms with E-state index in [1.807, 2.05) is 24.3 Å². The quantitative estimate of drug-likeness (QED) is 0.588. The maximum atomic E-state index is 11.4. The van der Waals surface area contributed by atoms with Crippen molar-refractivity contribution in [2.45, 2.75) is 39.0 Å². The fourth-order valence-electron chi connectivity index (χ4n) is 4.59. The summed E-state index contributed by atoms with van der Waals surface area (Å²) < 4.78 is 0. The van der Waals surface area contributed by atoms with Gasteiger partial charge in [0.1, 0.15) is 0 Å². The number of hydrogen-bond donors (Lipinski definition) is 2. The number of hydrogen-bond acceptors (Lipinski definition) is 2. The van der Waals surface area contributed by atoms with E-state index >= 15 is 0 Å². The van der Waals surface area contributed by atoms with Crippen molar-refractivity contribution in [2.75, 3.05) is 0 Å². The van der Waals surface area contributed by atoms with E-state index in [4.69, 9.17) is 0 Å². The zero-order valence-corrected chi connectivity index (χ0v) is 18.1. The summed E-state index contributed by atoms with van der Waals surface area (Å²) in [5.74, 6) is -1.66. The van der Waals surface area contributed by atoms with Crippen molar-refractivity contribution in [3.63, 3.8) is 0 Å². The van der Waals surface area contributed by atoms with Crippen LogP contribution in [0.5, 0.6) is 0 Å². The molecule has 0 saturated heterocycles. The van der Waals surface area contributed by atoms with Crippen molar-refractivity contribution >= 4 is 34.9 Å². The minimum Gasteiger partial charge on any atom is -0.481 e. The van der Waals surface area contributed by atoms with Gasteiger partial charge >= 0.3 is 11.9 Å². The van der Waals surface area contributed by atoms with Gasteiger partial charge in [0, 0.05) is 12.8 Å². The summed E-state index contributed by atoms with van der Waals surface area (Å²) in [4.78, 5) is 22.8. The molecule has 1 aliphatic carbocycles. The highest BCUT2D eigenvalue weighted by Crippen LogP contribution is 2.35. The van der Waals surface area contributed by atoms with Crippen molar-refractivity contribution < 1.29 is 19.8 Å². The Kier molecular flexibility index (Phi) is 6.22. The Morgan fingerprint density at radius 3 is 2.28 bits per heavy atom. The predicted molar refractivity (Wildman–Crippen MR) is 128 cm³/mol. The van der Waals surface area contributed by atoms with Gasteiger partial charge in [0.2, 0.25) is 0 Å². The largest absolute Gasteiger partial charge is 0.481 e. The number of fused-ring (bicyclic) bond motifs is 2. The molecule has 0 fully saturated rings. The summed E-state index contributed by atoms with van der Waals surface area (Å²) in [6.07, 6.45) is 10.1. The Morgan fingerprint density at radius 2 is 1.56 bits per heavy atom. The standard InChI is InChI=1S/C28H26O4/c1-18-17-21(14-16-26(31)32)28(24-10-6-5-8-22(18)24)27-20(13-15-25(29)30)12-11-19-7-3-2-4-9-23(19)27/h2-3,5-12,17H,4,13-16H2,1H3,(H,29,30)(H,31,32). The molecule has 4 nitrogen and oxygen atoms in total. The molecule has 3 aromatic carbocycles. The molecule has 0 unspecified atom stereocenters. The smallest absolute Gasteiger partial charge is 0.303 e. The van der Waals surface area contributed by atoms with Crippen molar-refractivity contribution in [2.24, 2.45) is 0 Å². The van der Waals surface area contributed by atoms with Crippen LogP contribution in [0.3, 0.4) is 0 Å². The Morgan fingerprint density at radius 1 is 0.875 bits per heavy atom. The van der Waals surface area contributed by atoms with Gasteiger partial charge in [-0.1, -0.05) is 66.8 Å². The first-order valence-corrected chi connectivity index (χ1v) is 10.9. The van der Waals surface area contributed by atoms with Crippen LogP contribution in [0, 0.1) is 6.92 Å². The first-order valence-electron chi connectivity index (χ1n) is 10.9. The molecule has 162 valence electrons. The average molecular weight is 427 g/mol. The molecule has 0 bridgehead atoms. The van der Waals surface area contributed by atoms with E-state index in [-0.39, 0.29) is 12.8 Å². The third-order valence-electron chi connectivity index (χ3n) is 6.03. The van der Waals surface area contributed by atoms with Crippen molar-refractivity contribution in [1.29, 1.82) is 0 Å². The summed E-state index contributed by atoms with van der Waals surface area (Å²) in [6, 6.07) is 14.4. The Labute approximate surface area is 186 Å². The van der Waals surface area contributed by atoms with Gasteiger partial charge < -0.3 is 10.2 Å². The van der Waals surface area contributed by atoms with Gasteiger partial charge in [-0.3, -0.25) is 9.59 Å². The lowest BCUT2D eigenvalue weighted by molar-refractivity contribution is -0.138. The molecule has 0 heterocycles. The fraction of sp³-hybridized carbons (Fsp3) is 0.214. The maximum absolute atomic E-state index is 11.4. The molecule has 32 heavy (non-hydrogen) atoms. The summed E-state index contributed by atoms with van der Waals surface area (Å²) >= 11 is 0. The van der Waals surface area contributed by atoms with Crippen LogP contribution in [0.4, 0.5) is 0 Å². The average Bonchev–Trinajstić information content (AvgIpc) is 3.02. The number of carboxylic acids is 2. The normalized spacial score (nSPS) is 12.5. The van der Waals surface area contributed by atoms with Crippen LogP contribution in [0.15, 0.2) is 54.6 Å². The number of aliphatic carboxylic acids is 2. The molecule has 0 atom stereocenters. The summed E-state index contributed by atoms with van der Waals surface area (Å²) in [5, 5.41) is 23.1. The second-order valence-corrected chi connectivity index (χ2v) is 8.20. The lowest BCUT2D eigenvalue weighted by Crippen LogP contribution is -2.28. The van der Waals surface area contributed by atoms with Crippen LogP contribution in [-0.2, 0) is 22.4 Å². The van der Waals surface area contributed by atoms with Gasteiger partial charge in [0.25, 0.3) is 0 Å². The molecule has 0 amide bonds. The molecular weight excluding hydrogens is 400 g/mol. The van der Waals surface area contributed by atoms with Gasteiger partial charge in [0.15, 0.2) is 0 Å². The molecule has 0 spiro atoms. The fourth-order valence-corrected chi connectivity index (χ4v) is 4.59. The summed E-state index contributed by atoms with van der Waals surface area (Å²) in [7, 11) is 0. The molecule has 0 aromatic heterocycles. The number of rotatable bonds is 7. The van der Waals surface area contributed by atoms with Gasteiger partial charge in [-0.2, -0.15) is 0 Å². The number of benzene rings is 3. The van der Waals surface area contributed by atoms with E-state index in [2.05, 4.69) is 49.4 Å². The van der Waals surface area contributed by atoms with Crippen molar-refractivity contribution in [3.8, 4) is 11.1 Å². The molecular formula is C28H26O4. The number of allylic oxidation sites excluding steroid dienone is 2. The van der Waals surface area contributed by atoms with Crippen LogP contribution in [-0.4, -0.2) is 22.2 Å². The van der Waals surface area contributed by atoms with Crippen LogP contribution in [0.25, 0.3) is 34.1 Å². The summed E-state index contributed by atoms with van der Waals surface area (Å²) in [6.45, 7) is 2.05. The van der Waals surface area contributed by atoms with Gasteiger partial charge in [-0.25, -0.2) is 0 Å². The van der Waals surface area contributed by atoms with Crippen LogP contribution in [0.2, 0.25) is 0 Å².